The van der Waals surface area contributed by atoms with E-state index >= 15 is 0 Å². The molecule has 0 fully saturated rings. The van der Waals surface area contributed by atoms with E-state index in [9.17, 15) is 5.11 Å². The van der Waals surface area contributed by atoms with E-state index in [1.54, 1.807) is 0 Å². The summed E-state index contributed by atoms with van der Waals surface area (Å²) < 4.78 is 19.1. The van der Waals surface area contributed by atoms with Crippen LogP contribution in [0.25, 0.3) is 0 Å². The van der Waals surface area contributed by atoms with Gasteiger partial charge in [0, 0.05) is 25.2 Å². The van der Waals surface area contributed by atoms with Gasteiger partial charge in [-0.05, 0) is 26.7 Å². The van der Waals surface area contributed by atoms with Crippen molar-refractivity contribution in [1.29, 1.82) is 0 Å². The van der Waals surface area contributed by atoms with Crippen LogP contribution in [0.5, 0.6) is 0 Å². The second-order valence-electron chi connectivity index (χ2n) is 11.6. The van der Waals surface area contributed by atoms with Crippen molar-refractivity contribution in [2.75, 3.05) is 53.6 Å². The average molecular weight is 533 g/mol. The molecule has 0 amide bonds. The third-order valence-electron chi connectivity index (χ3n) is 7.16. The van der Waals surface area contributed by atoms with Crippen molar-refractivity contribution in [3.63, 3.8) is 0 Å². The monoisotopic (exact) mass is 532 g/mol. The standard InChI is InChI=1S/C30H66NO4Si/c1-7-10-11-12-13-14-15-16-17-18-19-20-21-22-23-24-25-31(5,6)28-30(4)29-36(33-8-2,34-9-3)35-27-26-32/h30,32H,7-29H2,1-6H3/q+1. The molecular weight excluding hydrogens is 466 g/mol. The third kappa shape index (κ3) is 21.0. The summed E-state index contributed by atoms with van der Waals surface area (Å²) in [4.78, 5) is 0. The molecule has 0 saturated heterocycles. The first-order valence-corrected chi connectivity index (χ1v) is 17.6. The van der Waals surface area contributed by atoms with Crippen LogP contribution >= 0.6 is 0 Å². The minimum Gasteiger partial charge on any atom is -0.394 e. The molecular formula is C30H66NO4Si+. The maximum atomic E-state index is 9.24. The summed E-state index contributed by atoms with van der Waals surface area (Å²) in [6.45, 7) is 12.3. The molecule has 0 aliphatic carbocycles. The molecule has 1 N–H and O–H groups in total. The van der Waals surface area contributed by atoms with Crippen LogP contribution < -0.4 is 0 Å². The number of rotatable bonds is 28. The maximum absolute atomic E-state index is 9.24. The SMILES string of the molecule is CCCCCCCCCCCCCCCCCC[N+](C)(C)CC(C)C[Si](OCC)(OCC)OCCO. The van der Waals surface area contributed by atoms with Crippen LogP contribution in [0.3, 0.4) is 0 Å². The van der Waals surface area contributed by atoms with Gasteiger partial charge in [-0.25, -0.2) is 0 Å². The molecule has 36 heavy (non-hydrogen) atoms. The van der Waals surface area contributed by atoms with E-state index in [1.807, 2.05) is 13.8 Å². The summed E-state index contributed by atoms with van der Waals surface area (Å²) in [6.07, 6.45) is 22.7. The zero-order chi connectivity index (χ0) is 27.0. The molecule has 0 aromatic heterocycles. The molecule has 0 aromatic carbocycles. The van der Waals surface area contributed by atoms with Crippen LogP contribution in [-0.2, 0) is 13.3 Å². The van der Waals surface area contributed by atoms with Gasteiger partial charge >= 0.3 is 8.80 Å². The Bertz CT molecular complexity index is 458. The number of quaternary nitrogens is 1. The number of hydrogen-bond acceptors (Lipinski definition) is 4. The highest BCUT2D eigenvalue weighted by molar-refractivity contribution is 6.60. The van der Waals surface area contributed by atoms with Gasteiger partial charge in [0.25, 0.3) is 0 Å². The van der Waals surface area contributed by atoms with Gasteiger partial charge in [0.05, 0.1) is 40.4 Å². The fourth-order valence-electron chi connectivity index (χ4n) is 5.46. The van der Waals surface area contributed by atoms with Gasteiger partial charge in [-0.2, -0.15) is 0 Å². The molecule has 6 heteroatoms. The van der Waals surface area contributed by atoms with Crippen LogP contribution in [0.15, 0.2) is 0 Å². The summed E-state index contributed by atoms with van der Waals surface area (Å²) >= 11 is 0. The predicted molar refractivity (Wildman–Crippen MR) is 157 cm³/mol. The molecule has 0 aliphatic heterocycles. The lowest BCUT2D eigenvalue weighted by Gasteiger charge is -2.35. The Kier molecular flexibility index (Phi) is 24.1. The number of nitrogens with zero attached hydrogens (tertiary/aromatic N) is 1. The quantitative estimate of drug-likeness (QED) is 0.0630. The Morgan fingerprint density at radius 2 is 1.06 bits per heavy atom. The molecule has 0 heterocycles. The van der Waals surface area contributed by atoms with Crippen molar-refractivity contribution in [3.05, 3.63) is 0 Å². The van der Waals surface area contributed by atoms with E-state index in [2.05, 4.69) is 27.9 Å². The smallest absolute Gasteiger partial charge is 0.394 e. The first kappa shape index (κ1) is 36.0. The van der Waals surface area contributed by atoms with Crippen LogP contribution in [0.4, 0.5) is 0 Å². The maximum Gasteiger partial charge on any atom is 0.501 e. The summed E-state index contributed by atoms with van der Waals surface area (Å²) in [7, 11) is 1.97. The van der Waals surface area contributed by atoms with Crippen molar-refractivity contribution in [1.82, 2.24) is 0 Å². The highest BCUT2D eigenvalue weighted by atomic mass is 28.4. The topological polar surface area (TPSA) is 47.9 Å². The van der Waals surface area contributed by atoms with Gasteiger partial charge in [-0.3, -0.25) is 0 Å². The van der Waals surface area contributed by atoms with E-state index in [0.717, 1.165) is 17.1 Å². The van der Waals surface area contributed by atoms with E-state index in [0.29, 0.717) is 19.1 Å². The lowest BCUT2D eigenvalue weighted by molar-refractivity contribution is -0.893. The minimum absolute atomic E-state index is 0.00406. The van der Waals surface area contributed by atoms with Crippen LogP contribution in [0.1, 0.15) is 130 Å². The molecule has 0 spiro atoms. The van der Waals surface area contributed by atoms with Crippen LogP contribution in [-0.4, -0.2) is 72.0 Å². The Balaban J connectivity index is 3.89. The Labute approximate surface area is 227 Å². The van der Waals surface area contributed by atoms with E-state index in [-0.39, 0.29) is 13.2 Å². The molecule has 0 bridgehead atoms. The fourth-order valence-corrected chi connectivity index (χ4v) is 8.33. The van der Waals surface area contributed by atoms with Gasteiger partial charge in [0.15, 0.2) is 0 Å². The van der Waals surface area contributed by atoms with Crippen molar-refractivity contribution >= 4 is 8.80 Å². The molecule has 0 radical (unpaired) electrons. The Hall–Kier alpha value is 0.0169. The zero-order valence-corrected chi connectivity index (χ0v) is 26.5. The predicted octanol–water partition coefficient (Wildman–Crippen LogP) is 7.98. The summed E-state index contributed by atoms with van der Waals surface area (Å²) in [5.74, 6) is 0.449. The van der Waals surface area contributed by atoms with Crippen molar-refractivity contribution < 1.29 is 22.9 Å². The van der Waals surface area contributed by atoms with Crippen molar-refractivity contribution in [2.24, 2.45) is 5.92 Å². The Morgan fingerprint density at radius 3 is 1.44 bits per heavy atom. The largest absolute Gasteiger partial charge is 0.501 e. The van der Waals surface area contributed by atoms with Crippen LogP contribution in [0.2, 0.25) is 6.04 Å². The third-order valence-corrected chi connectivity index (χ3v) is 10.5. The van der Waals surface area contributed by atoms with Crippen LogP contribution in [0, 0.1) is 5.92 Å². The van der Waals surface area contributed by atoms with Gasteiger partial charge in [0.1, 0.15) is 0 Å². The average Bonchev–Trinajstić information content (AvgIpc) is 2.82. The molecule has 0 saturated carbocycles. The zero-order valence-electron chi connectivity index (χ0n) is 25.5. The molecule has 1 unspecified atom stereocenters. The van der Waals surface area contributed by atoms with Crippen molar-refractivity contribution in [3.8, 4) is 0 Å². The number of aliphatic hydroxyl groups excluding tert-OH is 1. The molecule has 0 aliphatic rings. The first-order chi connectivity index (χ1) is 17.3. The van der Waals surface area contributed by atoms with Gasteiger partial charge in [-0.15, -0.1) is 0 Å². The minimum atomic E-state index is -2.73. The van der Waals surface area contributed by atoms with Crippen molar-refractivity contribution in [2.45, 2.75) is 136 Å². The number of hydrogen-bond donors (Lipinski definition) is 1. The number of unbranched alkanes of at least 4 members (excludes halogenated alkanes) is 15. The first-order valence-electron chi connectivity index (χ1n) is 15.7. The second-order valence-corrected chi connectivity index (χ2v) is 14.2. The molecule has 1 atom stereocenters. The summed E-state index contributed by atoms with van der Waals surface area (Å²) in [6, 6.07) is 0.815. The number of aliphatic hydroxyl groups is 1. The molecule has 0 rings (SSSR count). The summed E-state index contributed by atoms with van der Waals surface area (Å²) in [5, 5.41) is 9.24. The highest BCUT2D eigenvalue weighted by Gasteiger charge is 2.43. The summed E-state index contributed by atoms with van der Waals surface area (Å²) in [5.41, 5.74) is 0. The van der Waals surface area contributed by atoms with E-state index < -0.39 is 8.80 Å². The molecule has 0 aromatic rings. The van der Waals surface area contributed by atoms with Gasteiger partial charge < -0.3 is 22.9 Å². The lowest BCUT2D eigenvalue weighted by atomic mass is 10.0. The van der Waals surface area contributed by atoms with Gasteiger partial charge in [0.2, 0.25) is 0 Å². The second kappa shape index (κ2) is 24.1. The highest BCUT2D eigenvalue weighted by Crippen LogP contribution is 2.24. The van der Waals surface area contributed by atoms with Gasteiger partial charge in [-0.1, -0.05) is 104 Å². The van der Waals surface area contributed by atoms with E-state index in [1.165, 1.54) is 109 Å². The lowest BCUT2D eigenvalue weighted by Crippen LogP contribution is -2.50. The fraction of sp³-hybridized carbons (Fsp3) is 1.00. The Morgan fingerprint density at radius 1 is 0.639 bits per heavy atom. The molecule has 218 valence electrons. The normalized spacial score (nSPS) is 13.4. The molecule has 5 nitrogen and oxygen atoms in total. The van der Waals surface area contributed by atoms with E-state index in [4.69, 9.17) is 13.3 Å².